The Morgan fingerprint density at radius 1 is 0.875 bits per heavy atom. The van der Waals surface area contributed by atoms with Crippen LogP contribution in [0.25, 0.3) is 11.1 Å². The second-order valence-electron chi connectivity index (χ2n) is 7.36. The number of benzene rings is 2. The van der Waals surface area contributed by atoms with Gasteiger partial charge in [-0.1, -0.05) is 54.6 Å². The Morgan fingerprint density at radius 2 is 1.42 bits per heavy atom. The quantitative estimate of drug-likeness (QED) is 0.768. The van der Waals surface area contributed by atoms with E-state index in [4.69, 9.17) is 0 Å². The maximum atomic E-state index is 11.2. The maximum absolute atomic E-state index is 11.2. The van der Waals surface area contributed by atoms with Gasteiger partial charge in [0.05, 0.1) is 5.60 Å². The molecule has 0 heterocycles. The summed E-state index contributed by atoms with van der Waals surface area (Å²) in [7, 11) is 0. The Bertz CT molecular complexity index is 623. The normalized spacial score (nSPS) is 14.4. The fourth-order valence-corrected chi connectivity index (χ4v) is 3.42. The van der Waals surface area contributed by atoms with E-state index in [2.05, 4.69) is 56.9 Å². The Kier molecular flexibility index (Phi) is 6.20. The highest BCUT2D eigenvalue weighted by atomic mass is 16.3. The molecule has 0 amide bonds. The van der Waals surface area contributed by atoms with Gasteiger partial charge in [-0.25, -0.2) is 0 Å². The molecular formula is C22H31NO. The van der Waals surface area contributed by atoms with Crippen molar-refractivity contribution in [3.8, 4) is 11.1 Å². The van der Waals surface area contributed by atoms with E-state index < -0.39 is 5.60 Å². The zero-order chi connectivity index (χ0) is 17.7. The fourth-order valence-electron chi connectivity index (χ4n) is 3.42. The summed E-state index contributed by atoms with van der Waals surface area (Å²) >= 11 is 0. The topological polar surface area (TPSA) is 23.5 Å². The molecular weight excluding hydrogens is 294 g/mol. The van der Waals surface area contributed by atoms with Gasteiger partial charge >= 0.3 is 0 Å². The van der Waals surface area contributed by atoms with Crippen molar-refractivity contribution in [2.24, 2.45) is 0 Å². The first-order valence-corrected chi connectivity index (χ1v) is 8.96. The molecule has 0 saturated heterocycles. The van der Waals surface area contributed by atoms with E-state index in [1.165, 1.54) is 0 Å². The van der Waals surface area contributed by atoms with E-state index in [0.717, 1.165) is 23.2 Å². The Labute approximate surface area is 147 Å². The molecule has 1 N–H and O–H groups in total. The van der Waals surface area contributed by atoms with Crippen LogP contribution in [-0.2, 0) is 5.60 Å². The highest BCUT2D eigenvalue weighted by Gasteiger charge is 2.27. The minimum absolute atomic E-state index is 0.477. The van der Waals surface area contributed by atoms with Crippen molar-refractivity contribution >= 4 is 0 Å². The monoisotopic (exact) mass is 325 g/mol. The first-order valence-electron chi connectivity index (χ1n) is 8.96. The van der Waals surface area contributed by atoms with Gasteiger partial charge in [-0.3, -0.25) is 4.90 Å². The van der Waals surface area contributed by atoms with Crippen molar-refractivity contribution in [2.75, 3.05) is 6.54 Å². The third-order valence-corrected chi connectivity index (χ3v) is 4.78. The Balaban J connectivity index is 2.27. The molecule has 1 atom stereocenters. The Morgan fingerprint density at radius 3 is 2.00 bits per heavy atom. The molecule has 0 fully saturated rings. The van der Waals surface area contributed by atoms with Crippen molar-refractivity contribution in [3.63, 3.8) is 0 Å². The molecule has 0 radical (unpaired) electrons. The molecule has 24 heavy (non-hydrogen) atoms. The molecule has 2 heteroatoms. The van der Waals surface area contributed by atoms with Crippen LogP contribution in [0.15, 0.2) is 54.6 Å². The Hall–Kier alpha value is -1.64. The lowest BCUT2D eigenvalue weighted by atomic mass is 9.86. The van der Waals surface area contributed by atoms with Crippen molar-refractivity contribution in [1.29, 1.82) is 0 Å². The van der Waals surface area contributed by atoms with E-state index in [-0.39, 0.29) is 0 Å². The van der Waals surface area contributed by atoms with Gasteiger partial charge in [0, 0.05) is 18.6 Å². The number of rotatable bonds is 7. The van der Waals surface area contributed by atoms with Crippen LogP contribution in [0.4, 0.5) is 0 Å². The summed E-state index contributed by atoms with van der Waals surface area (Å²) in [5.74, 6) is 0. The summed E-state index contributed by atoms with van der Waals surface area (Å²) in [5, 5.41) is 11.2. The minimum Gasteiger partial charge on any atom is -0.385 e. The molecule has 0 spiro atoms. The SMILES string of the molecule is CC(C)N(CCC(C)(O)c1ccccc1-c1ccccc1)C(C)C. The predicted molar refractivity (Wildman–Crippen MR) is 103 cm³/mol. The van der Waals surface area contributed by atoms with Crippen LogP contribution in [0.1, 0.15) is 46.6 Å². The summed E-state index contributed by atoms with van der Waals surface area (Å²) < 4.78 is 0. The third-order valence-electron chi connectivity index (χ3n) is 4.78. The molecule has 0 saturated carbocycles. The predicted octanol–water partition coefficient (Wildman–Crippen LogP) is 5.07. The van der Waals surface area contributed by atoms with Gasteiger partial charge in [-0.15, -0.1) is 0 Å². The number of hydrogen-bond acceptors (Lipinski definition) is 2. The van der Waals surface area contributed by atoms with Crippen molar-refractivity contribution in [3.05, 3.63) is 60.2 Å². The molecule has 0 aliphatic rings. The second-order valence-corrected chi connectivity index (χ2v) is 7.36. The second kappa shape index (κ2) is 7.96. The third kappa shape index (κ3) is 4.46. The van der Waals surface area contributed by atoms with Gasteiger partial charge in [0.1, 0.15) is 0 Å². The molecule has 2 nitrogen and oxygen atoms in total. The molecule has 0 aromatic heterocycles. The van der Waals surface area contributed by atoms with E-state index in [1.54, 1.807) is 0 Å². The van der Waals surface area contributed by atoms with Gasteiger partial charge in [0.15, 0.2) is 0 Å². The van der Waals surface area contributed by atoms with Crippen LogP contribution in [0, 0.1) is 0 Å². The zero-order valence-electron chi connectivity index (χ0n) is 15.7. The molecule has 2 rings (SSSR count). The molecule has 0 aliphatic heterocycles. The first-order chi connectivity index (χ1) is 11.3. The van der Waals surface area contributed by atoms with Gasteiger partial charge in [0.25, 0.3) is 0 Å². The molecule has 0 bridgehead atoms. The van der Waals surface area contributed by atoms with Crippen LogP contribution >= 0.6 is 0 Å². The van der Waals surface area contributed by atoms with Gasteiger partial charge in [-0.2, -0.15) is 0 Å². The van der Waals surface area contributed by atoms with Crippen LogP contribution in [0.5, 0.6) is 0 Å². The van der Waals surface area contributed by atoms with E-state index >= 15 is 0 Å². The van der Waals surface area contributed by atoms with E-state index in [9.17, 15) is 5.11 Å². The molecule has 0 aliphatic carbocycles. The number of nitrogens with zero attached hydrogens (tertiary/aromatic N) is 1. The largest absolute Gasteiger partial charge is 0.385 e. The van der Waals surface area contributed by atoms with Gasteiger partial charge in [0.2, 0.25) is 0 Å². The van der Waals surface area contributed by atoms with Gasteiger partial charge < -0.3 is 5.11 Å². The summed E-state index contributed by atoms with van der Waals surface area (Å²) in [4.78, 5) is 2.43. The molecule has 2 aromatic rings. The lowest BCUT2D eigenvalue weighted by molar-refractivity contribution is 0.0277. The standard InChI is InChI=1S/C22H31NO/c1-17(2)23(18(3)4)16-15-22(5,24)21-14-10-9-13-20(21)19-11-7-6-8-12-19/h6-14,17-18,24H,15-16H2,1-5H3. The maximum Gasteiger partial charge on any atom is 0.0886 e. The highest BCUT2D eigenvalue weighted by molar-refractivity contribution is 5.68. The number of hydrogen-bond donors (Lipinski definition) is 1. The average molecular weight is 325 g/mol. The van der Waals surface area contributed by atoms with Crippen molar-refractivity contribution in [1.82, 2.24) is 4.90 Å². The average Bonchev–Trinajstić information content (AvgIpc) is 2.55. The van der Waals surface area contributed by atoms with Crippen LogP contribution in [-0.4, -0.2) is 28.6 Å². The van der Waals surface area contributed by atoms with Crippen LogP contribution in [0.2, 0.25) is 0 Å². The lowest BCUT2D eigenvalue weighted by Crippen LogP contribution is -2.40. The fraction of sp³-hybridized carbons (Fsp3) is 0.455. The number of aliphatic hydroxyl groups is 1. The minimum atomic E-state index is -0.853. The molecule has 2 aromatic carbocycles. The summed E-state index contributed by atoms with van der Waals surface area (Å²) in [6.07, 6.45) is 0.715. The van der Waals surface area contributed by atoms with Crippen LogP contribution in [0.3, 0.4) is 0 Å². The van der Waals surface area contributed by atoms with Gasteiger partial charge in [-0.05, 0) is 57.7 Å². The molecule has 1 unspecified atom stereocenters. The summed E-state index contributed by atoms with van der Waals surface area (Å²) in [5.41, 5.74) is 2.42. The van der Waals surface area contributed by atoms with Crippen LogP contribution < -0.4 is 0 Å². The smallest absolute Gasteiger partial charge is 0.0886 e. The van der Waals surface area contributed by atoms with E-state index in [1.807, 2.05) is 37.3 Å². The highest BCUT2D eigenvalue weighted by Crippen LogP contribution is 2.34. The molecule has 130 valence electrons. The zero-order valence-corrected chi connectivity index (χ0v) is 15.7. The van der Waals surface area contributed by atoms with Crippen molar-refractivity contribution < 1.29 is 5.11 Å². The summed E-state index contributed by atoms with van der Waals surface area (Å²) in [6.45, 7) is 11.7. The van der Waals surface area contributed by atoms with E-state index in [0.29, 0.717) is 18.5 Å². The lowest BCUT2D eigenvalue weighted by Gasteiger charge is -2.34. The summed E-state index contributed by atoms with van der Waals surface area (Å²) in [6, 6.07) is 19.5. The first kappa shape index (κ1) is 18.7. The van der Waals surface area contributed by atoms with Crippen molar-refractivity contribution in [2.45, 2.75) is 58.7 Å².